The molecule has 1 aromatic rings. The van der Waals surface area contributed by atoms with E-state index in [0.717, 1.165) is 10.2 Å². The van der Waals surface area contributed by atoms with Crippen molar-refractivity contribution in [3.8, 4) is 0 Å². The van der Waals surface area contributed by atoms with E-state index in [1.165, 1.54) is 0 Å². The van der Waals surface area contributed by atoms with Gasteiger partial charge in [-0.25, -0.2) is 0 Å². The van der Waals surface area contributed by atoms with Crippen LogP contribution in [0, 0.1) is 0 Å². The van der Waals surface area contributed by atoms with Crippen LogP contribution >= 0.6 is 15.9 Å². The molecule has 0 saturated heterocycles. The van der Waals surface area contributed by atoms with E-state index in [-0.39, 0.29) is 0 Å². The second-order valence-corrected chi connectivity index (χ2v) is 3.93. The fourth-order valence-corrected chi connectivity index (χ4v) is 1.50. The van der Waals surface area contributed by atoms with E-state index in [2.05, 4.69) is 15.9 Å². The molecule has 0 radical (unpaired) electrons. The summed E-state index contributed by atoms with van der Waals surface area (Å²) >= 11 is 3.30. The number of halogens is 1. The molecule has 1 aromatic carbocycles. The summed E-state index contributed by atoms with van der Waals surface area (Å²) in [7, 11) is 2.38. The lowest BCUT2D eigenvalue weighted by atomic mass is 9.80. The SMILES string of the molecule is CN(C)c1cc(Br)cc(B(O)O)c1. The molecule has 0 aliphatic heterocycles. The van der Waals surface area contributed by atoms with E-state index in [9.17, 15) is 0 Å². The van der Waals surface area contributed by atoms with Crippen molar-refractivity contribution in [1.82, 2.24) is 0 Å². The molecule has 0 amide bonds. The van der Waals surface area contributed by atoms with Crippen molar-refractivity contribution < 1.29 is 10.0 Å². The van der Waals surface area contributed by atoms with Gasteiger partial charge in [0.2, 0.25) is 0 Å². The molecule has 0 bridgehead atoms. The molecule has 0 heterocycles. The Labute approximate surface area is 86.3 Å². The van der Waals surface area contributed by atoms with Gasteiger partial charge in [-0.05, 0) is 23.7 Å². The fourth-order valence-electron chi connectivity index (χ4n) is 1.00. The van der Waals surface area contributed by atoms with Gasteiger partial charge in [-0.3, -0.25) is 0 Å². The summed E-state index contributed by atoms with van der Waals surface area (Å²) in [6, 6.07) is 5.32. The molecule has 0 fully saturated rings. The molecule has 0 aliphatic carbocycles. The molecule has 0 atom stereocenters. The predicted molar refractivity (Wildman–Crippen MR) is 58.3 cm³/mol. The first-order valence-electron chi connectivity index (χ1n) is 3.84. The molecule has 70 valence electrons. The molecule has 2 N–H and O–H groups in total. The number of rotatable bonds is 2. The van der Waals surface area contributed by atoms with Gasteiger partial charge in [0.25, 0.3) is 0 Å². The standard InChI is InChI=1S/C8H11BBrNO2/c1-11(2)8-4-6(9(12)13)3-7(10)5-8/h3-5,12-13H,1-2H3. The molecule has 0 saturated carbocycles. The van der Waals surface area contributed by atoms with Gasteiger partial charge < -0.3 is 14.9 Å². The monoisotopic (exact) mass is 243 g/mol. The molecule has 5 heteroatoms. The van der Waals surface area contributed by atoms with Crippen LogP contribution in [-0.4, -0.2) is 31.3 Å². The van der Waals surface area contributed by atoms with Crippen LogP contribution in [0.5, 0.6) is 0 Å². The van der Waals surface area contributed by atoms with Crippen molar-refractivity contribution in [3.05, 3.63) is 22.7 Å². The maximum absolute atomic E-state index is 8.97. The summed E-state index contributed by atoms with van der Waals surface area (Å²) in [6.45, 7) is 0. The highest BCUT2D eigenvalue weighted by Crippen LogP contribution is 2.16. The second-order valence-electron chi connectivity index (χ2n) is 3.01. The van der Waals surface area contributed by atoms with Crippen LogP contribution < -0.4 is 10.4 Å². The Kier molecular flexibility index (Phi) is 3.36. The molecule has 0 unspecified atom stereocenters. The zero-order valence-corrected chi connectivity index (χ0v) is 9.12. The van der Waals surface area contributed by atoms with Gasteiger partial charge in [-0.15, -0.1) is 0 Å². The van der Waals surface area contributed by atoms with Crippen LogP contribution in [0.1, 0.15) is 0 Å². The van der Waals surface area contributed by atoms with E-state index >= 15 is 0 Å². The van der Waals surface area contributed by atoms with Crippen LogP contribution in [0.2, 0.25) is 0 Å². The van der Waals surface area contributed by atoms with Crippen LogP contribution in [-0.2, 0) is 0 Å². The van der Waals surface area contributed by atoms with Crippen LogP contribution in [0.3, 0.4) is 0 Å². The third-order valence-electron chi connectivity index (χ3n) is 1.72. The van der Waals surface area contributed by atoms with Crippen LogP contribution in [0.4, 0.5) is 5.69 Å². The van der Waals surface area contributed by atoms with Gasteiger partial charge in [-0.1, -0.05) is 15.9 Å². The second kappa shape index (κ2) is 4.13. The average Bonchev–Trinajstić information content (AvgIpc) is 2.03. The van der Waals surface area contributed by atoms with E-state index in [1.54, 1.807) is 12.1 Å². The minimum atomic E-state index is -1.42. The van der Waals surface area contributed by atoms with Crippen molar-refractivity contribution in [2.45, 2.75) is 0 Å². The third-order valence-corrected chi connectivity index (χ3v) is 2.18. The average molecular weight is 244 g/mol. The zero-order valence-electron chi connectivity index (χ0n) is 7.53. The molecule has 3 nitrogen and oxygen atoms in total. The number of nitrogens with zero attached hydrogens (tertiary/aromatic N) is 1. The lowest BCUT2D eigenvalue weighted by Crippen LogP contribution is -2.30. The van der Waals surface area contributed by atoms with Gasteiger partial charge in [-0.2, -0.15) is 0 Å². The van der Waals surface area contributed by atoms with E-state index in [1.807, 2.05) is 25.1 Å². The van der Waals surface area contributed by atoms with E-state index in [4.69, 9.17) is 10.0 Å². The normalized spacial score (nSPS) is 9.92. The van der Waals surface area contributed by atoms with Crippen LogP contribution in [0.15, 0.2) is 22.7 Å². The lowest BCUT2D eigenvalue weighted by molar-refractivity contribution is 0.426. The highest BCUT2D eigenvalue weighted by Gasteiger charge is 2.12. The smallest absolute Gasteiger partial charge is 0.423 e. The molecule has 13 heavy (non-hydrogen) atoms. The summed E-state index contributed by atoms with van der Waals surface area (Å²) in [4.78, 5) is 1.90. The minimum absolute atomic E-state index is 0.484. The summed E-state index contributed by atoms with van der Waals surface area (Å²) in [6.07, 6.45) is 0. The summed E-state index contributed by atoms with van der Waals surface area (Å²) in [5.74, 6) is 0. The minimum Gasteiger partial charge on any atom is -0.423 e. The van der Waals surface area contributed by atoms with Gasteiger partial charge in [0.1, 0.15) is 0 Å². The Hall–Kier alpha value is -0.515. The summed E-state index contributed by atoms with van der Waals surface area (Å²) in [5, 5.41) is 17.9. The molecule has 0 spiro atoms. The molecular weight excluding hydrogens is 233 g/mol. The highest BCUT2D eigenvalue weighted by atomic mass is 79.9. The Balaban J connectivity index is 3.11. The first kappa shape index (κ1) is 10.6. The zero-order chi connectivity index (χ0) is 10.0. The number of hydrogen-bond donors (Lipinski definition) is 2. The predicted octanol–water partition coefficient (Wildman–Crippen LogP) is 0.195. The van der Waals surface area contributed by atoms with Gasteiger partial charge in [0, 0.05) is 24.3 Å². The Morgan fingerprint density at radius 1 is 1.23 bits per heavy atom. The Bertz CT molecular complexity index is 278. The number of benzene rings is 1. The van der Waals surface area contributed by atoms with Crippen molar-refractivity contribution in [1.29, 1.82) is 0 Å². The number of hydrogen-bond acceptors (Lipinski definition) is 3. The molecular formula is C8H11BBrNO2. The van der Waals surface area contributed by atoms with E-state index in [0.29, 0.717) is 5.46 Å². The van der Waals surface area contributed by atoms with Crippen molar-refractivity contribution in [2.24, 2.45) is 0 Å². The van der Waals surface area contributed by atoms with Gasteiger partial charge in [0.05, 0.1) is 0 Å². The third kappa shape index (κ3) is 2.72. The lowest BCUT2D eigenvalue weighted by Gasteiger charge is -2.14. The largest absolute Gasteiger partial charge is 0.488 e. The van der Waals surface area contributed by atoms with Crippen molar-refractivity contribution in [3.63, 3.8) is 0 Å². The summed E-state index contributed by atoms with van der Waals surface area (Å²) < 4.78 is 0.835. The maximum atomic E-state index is 8.97. The molecule has 0 aromatic heterocycles. The van der Waals surface area contributed by atoms with Crippen molar-refractivity contribution >= 4 is 34.2 Å². The Morgan fingerprint density at radius 2 is 1.85 bits per heavy atom. The number of anilines is 1. The van der Waals surface area contributed by atoms with Gasteiger partial charge in [0.15, 0.2) is 0 Å². The maximum Gasteiger partial charge on any atom is 0.488 e. The topological polar surface area (TPSA) is 43.7 Å². The first-order valence-corrected chi connectivity index (χ1v) is 4.64. The molecule has 0 aliphatic rings. The molecule has 1 rings (SSSR count). The first-order chi connectivity index (χ1) is 6.00. The summed E-state index contributed by atoms with van der Waals surface area (Å²) in [5.41, 5.74) is 1.41. The van der Waals surface area contributed by atoms with Gasteiger partial charge >= 0.3 is 7.12 Å². The van der Waals surface area contributed by atoms with E-state index < -0.39 is 7.12 Å². The van der Waals surface area contributed by atoms with Crippen LogP contribution in [0.25, 0.3) is 0 Å². The fraction of sp³-hybridized carbons (Fsp3) is 0.250. The Morgan fingerprint density at radius 3 is 2.31 bits per heavy atom. The quantitative estimate of drug-likeness (QED) is 0.730. The van der Waals surface area contributed by atoms with Crippen molar-refractivity contribution in [2.75, 3.05) is 19.0 Å². The highest BCUT2D eigenvalue weighted by molar-refractivity contribution is 9.10.